The van der Waals surface area contributed by atoms with Crippen LogP contribution < -0.4 is 0 Å². The number of aromatic carboxylic acids is 1. The summed E-state index contributed by atoms with van der Waals surface area (Å²) in [6, 6.07) is 14.1. The number of benzene rings is 1. The molecule has 0 saturated carbocycles. The Balaban J connectivity index is 1.82. The van der Waals surface area contributed by atoms with Gasteiger partial charge in [-0.3, -0.25) is 4.98 Å². The van der Waals surface area contributed by atoms with Gasteiger partial charge in [0.1, 0.15) is 10.6 Å². The molecule has 3 heterocycles. The van der Waals surface area contributed by atoms with Crippen LogP contribution in [-0.4, -0.2) is 26.0 Å². The Morgan fingerprint density at radius 2 is 1.74 bits per heavy atom. The fourth-order valence-corrected chi connectivity index (χ4v) is 3.75. The van der Waals surface area contributed by atoms with Crippen molar-refractivity contribution in [1.29, 1.82) is 0 Å². The Morgan fingerprint density at radius 1 is 0.968 bits per heavy atom. The zero-order valence-corrected chi connectivity index (χ0v) is 16.8. The van der Waals surface area contributed by atoms with Gasteiger partial charge in [0.05, 0.1) is 5.69 Å². The van der Waals surface area contributed by atoms with Crippen LogP contribution in [0.5, 0.6) is 0 Å². The van der Waals surface area contributed by atoms with Gasteiger partial charge in [0.25, 0.3) is 0 Å². The number of aryl methyl sites for hydroxylation is 1. The van der Waals surface area contributed by atoms with E-state index in [-0.39, 0.29) is 16.4 Å². The van der Waals surface area contributed by atoms with Crippen molar-refractivity contribution in [3.05, 3.63) is 77.1 Å². The second kappa shape index (κ2) is 7.92. The van der Waals surface area contributed by atoms with E-state index < -0.39 is 17.8 Å². The Labute approximate surface area is 178 Å². The molecule has 31 heavy (non-hydrogen) atoms. The highest BCUT2D eigenvalue weighted by atomic mass is 32.1. The van der Waals surface area contributed by atoms with Crippen molar-refractivity contribution < 1.29 is 23.1 Å². The Morgan fingerprint density at radius 3 is 2.39 bits per heavy atom. The summed E-state index contributed by atoms with van der Waals surface area (Å²) in [6.45, 7) is 1.78. The van der Waals surface area contributed by atoms with Crippen molar-refractivity contribution in [3.8, 4) is 33.1 Å². The van der Waals surface area contributed by atoms with Gasteiger partial charge in [-0.25, -0.2) is 14.8 Å². The summed E-state index contributed by atoms with van der Waals surface area (Å²) >= 11 is 1.08. The standard InChI is InChI=1S/C22H14F3N3O2S/c1-12-5-6-15(11-26-12)16-10-19(22(23,24)25)28-20(27-16)14-4-2-3-13(9-14)17-7-8-18(31-17)21(29)30/h2-11H,1H3,(H,29,30). The van der Waals surface area contributed by atoms with E-state index in [1.54, 1.807) is 49.4 Å². The average molecular weight is 441 g/mol. The van der Waals surface area contributed by atoms with Crippen LogP contribution in [0, 0.1) is 6.92 Å². The molecule has 1 N–H and O–H groups in total. The normalized spacial score (nSPS) is 11.5. The molecule has 0 saturated heterocycles. The van der Waals surface area contributed by atoms with Crippen molar-refractivity contribution in [2.24, 2.45) is 0 Å². The van der Waals surface area contributed by atoms with Gasteiger partial charge in [0, 0.05) is 27.9 Å². The molecule has 0 unspecified atom stereocenters. The van der Waals surface area contributed by atoms with E-state index in [1.807, 2.05) is 0 Å². The number of rotatable bonds is 4. The topological polar surface area (TPSA) is 76.0 Å². The monoisotopic (exact) mass is 441 g/mol. The lowest BCUT2D eigenvalue weighted by Gasteiger charge is -2.11. The molecule has 0 aliphatic carbocycles. The van der Waals surface area contributed by atoms with E-state index >= 15 is 0 Å². The molecule has 1 aromatic carbocycles. The molecule has 156 valence electrons. The summed E-state index contributed by atoms with van der Waals surface area (Å²) < 4.78 is 40.5. The molecule has 0 bridgehead atoms. The predicted molar refractivity (Wildman–Crippen MR) is 111 cm³/mol. The van der Waals surface area contributed by atoms with Gasteiger partial charge in [-0.05, 0) is 48.9 Å². The molecule has 0 aliphatic heterocycles. The first kappa shape index (κ1) is 20.7. The first-order valence-corrected chi connectivity index (χ1v) is 9.85. The van der Waals surface area contributed by atoms with Crippen LogP contribution >= 0.6 is 11.3 Å². The number of carboxylic acids is 1. The highest BCUT2D eigenvalue weighted by molar-refractivity contribution is 7.17. The predicted octanol–water partition coefficient (Wildman–Crippen LogP) is 5.96. The lowest BCUT2D eigenvalue weighted by atomic mass is 10.1. The third-order valence-corrected chi connectivity index (χ3v) is 5.57. The fraction of sp³-hybridized carbons (Fsp3) is 0.0909. The van der Waals surface area contributed by atoms with Crippen LogP contribution in [0.1, 0.15) is 21.1 Å². The first-order valence-electron chi connectivity index (χ1n) is 9.04. The second-order valence-corrected chi connectivity index (χ2v) is 7.78. The van der Waals surface area contributed by atoms with Gasteiger partial charge >= 0.3 is 12.1 Å². The minimum Gasteiger partial charge on any atom is -0.477 e. The molecule has 0 spiro atoms. The van der Waals surface area contributed by atoms with Crippen molar-refractivity contribution in [3.63, 3.8) is 0 Å². The number of thiophene rings is 1. The van der Waals surface area contributed by atoms with Crippen molar-refractivity contribution in [1.82, 2.24) is 15.0 Å². The van der Waals surface area contributed by atoms with Gasteiger partial charge in [-0.15, -0.1) is 11.3 Å². The maximum atomic E-state index is 13.5. The van der Waals surface area contributed by atoms with E-state index in [2.05, 4.69) is 15.0 Å². The lowest BCUT2D eigenvalue weighted by Crippen LogP contribution is -2.10. The number of nitrogens with zero attached hydrogens (tertiary/aromatic N) is 3. The van der Waals surface area contributed by atoms with E-state index in [1.165, 1.54) is 12.3 Å². The molecule has 0 atom stereocenters. The highest BCUT2D eigenvalue weighted by Crippen LogP contribution is 2.34. The van der Waals surface area contributed by atoms with Crippen molar-refractivity contribution in [2.75, 3.05) is 0 Å². The Kier molecular flexibility index (Phi) is 5.28. The molecule has 4 aromatic rings. The minimum atomic E-state index is -4.65. The van der Waals surface area contributed by atoms with Crippen LogP contribution in [0.2, 0.25) is 0 Å². The second-order valence-electron chi connectivity index (χ2n) is 6.70. The molecule has 9 heteroatoms. The molecule has 5 nitrogen and oxygen atoms in total. The number of carbonyl (C=O) groups is 1. The number of pyridine rings is 1. The molecule has 0 aliphatic rings. The molecular weight excluding hydrogens is 427 g/mol. The number of alkyl halides is 3. The SMILES string of the molecule is Cc1ccc(-c2cc(C(F)(F)F)nc(-c3cccc(-c4ccc(C(=O)O)s4)c3)n2)cn1. The summed E-state index contributed by atoms with van der Waals surface area (Å²) in [5.41, 5.74) is 1.28. The maximum Gasteiger partial charge on any atom is 0.433 e. The van der Waals surface area contributed by atoms with Crippen LogP contribution in [-0.2, 0) is 6.18 Å². The third kappa shape index (κ3) is 4.46. The zero-order chi connectivity index (χ0) is 22.2. The molecule has 0 amide bonds. The summed E-state index contributed by atoms with van der Waals surface area (Å²) in [5, 5.41) is 9.12. The largest absolute Gasteiger partial charge is 0.477 e. The summed E-state index contributed by atoms with van der Waals surface area (Å²) in [7, 11) is 0. The van der Waals surface area contributed by atoms with E-state index in [4.69, 9.17) is 5.11 Å². The van der Waals surface area contributed by atoms with E-state index in [0.717, 1.165) is 23.1 Å². The fourth-order valence-electron chi connectivity index (χ4n) is 2.91. The van der Waals surface area contributed by atoms with Gasteiger partial charge in [0.2, 0.25) is 0 Å². The molecule has 0 radical (unpaired) electrons. The van der Waals surface area contributed by atoms with Gasteiger partial charge in [0.15, 0.2) is 5.82 Å². The summed E-state index contributed by atoms with van der Waals surface area (Å²) in [6.07, 6.45) is -3.18. The number of aromatic nitrogens is 3. The van der Waals surface area contributed by atoms with Gasteiger partial charge < -0.3 is 5.11 Å². The van der Waals surface area contributed by atoms with Crippen LogP contribution in [0.25, 0.3) is 33.1 Å². The number of hydrogen-bond acceptors (Lipinski definition) is 5. The van der Waals surface area contributed by atoms with E-state index in [0.29, 0.717) is 21.6 Å². The highest BCUT2D eigenvalue weighted by Gasteiger charge is 2.34. The number of halogens is 3. The zero-order valence-electron chi connectivity index (χ0n) is 16.0. The molecule has 3 aromatic heterocycles. The van der Waals surface area contributed by atoms with Crippen LogP contribution in [0.3, 0.4) is 0 Å². The smallest absolute Gasteiger partial charge is 0.433 e. The lowest BCUT2D eigenvalue weighted by molar-refractivity contribution is -0.141. The quantitative estimate of drug-likeness (QED) is 0.423. The van der Waals surface area contributed by atoms with Crippen LogP contribution in [0.4, 0.5) is 13.2 Å². The van der Waals surface area contributed by atoms with E-state index in [9.17, 15) is 18.0 Å². The first-order chi connectivity index (χ1) is 14.7. The minimum absolute atomic E-state index is 0.0812. The average Bonchev–Trinajstić information content (AvgIpc) is 3.24. The van der Waals surface area contributed by atoms with Crippen molar-refractivity contribution in [2.45, 2.75) is 13.1 Å². The Hall–Kier alpha value is -3.59. The summed E-state index contributed by atoms with van der Waals surface area (Å²) in [4.78, 5) is 24.2. The maximum absolute atomic E-state index is 13.5. The van der Waals surface area contributed by atoms with Crippen molar-refractivity contribution >= 4 is 17.3 Å². The summed E-state index contributed by atoms with van der Waals surface area (Å²) in [5.74, 6) is -1.12. The third-order valence-electron chi connectivity index (χ3n) is 4.45. The van der Waals surface area contributed by atoms with Gasteiger partial charge in [-0.1, -0.05) is 18.2 Å². The number of hydrogen-bond donors (Lipinski definition) is 1. The Bertz CT molecular complexity index is 1270. The molecule has 4 rings (SSSR count). The molecule has 0 fully saturated rings. The van der Waals surface area contributed by atoms with Gasteiger partial charge in [-0.2, -0.15) is 13.2 Å². The van der Waals surface area contributed by atoms with Crippen LogP contribution in [0.15, 0.2) is 60.8 Å². The number of carboxylic acid groups (broad SMARTS) is 1. The molecular formula is C22H14F3N3O2S.